The van der Waals surface area contributed by atoms with Crippen molar-refractivity contribution in [3.8, 4) is 11.3 Å². The van der Waals surface area contributed by atoms with E-state index in [1.165, 1.54) is 34.8 Å². The van der Waals surface area contributed by atoms with E-state index in [4.69, 9.17) is 0 Å². The van der Waals surface area contributed by atoms with Crippen molar-refractivity contribution in [2.45, 2.75) is 19.8 Å². The summed E-state index contributed by atoms with van der Waals surface area (Å²) in [5.41, 5.74) is 1.53. The molecule has 2 heterocycles. The average molecular weight is 402 g/mol. The van der Waals surface area contributed by atoms with Gasteiger partial charge in [-0.3, -0.25) is 19.8 Å². The molecule has 28 heavy (non-hydrogen) atoms. The van der Waals surface area contributed by atoms with Crippen molar-refractivity contribution >= 4 is 28.1 Å². The second kappa shape index (κ2) is 9.07. The van der Waals surface area contributed by atoms with Crippen molar-refractivity contribution in [3.63, 3.8) is 0 Å². The quantitative estimate of drug-likeness (QED) is 0.439. The SMILES string of the molecule is C=CCN(C(=O)C[NH+]1CCC[C@H](C)C1)c1nc(-c2ccc([N+](=O)[O-])cc2)cs1. The Kier molecular flexibility index (Phi) is 6.53. The minimum atomic E-state index is -0.426. The molecule has 0 saturated carbocycles. The van der Waals surface area contributed by atoms with Gasteiger partial charge in [0.05, 0.1) is 23.7 Å². The number of carbonyl (C=O) groups excluding carboxylic acids is 1. The second-order valence-corrected chi connectivity index (χ2v) is 8.08. The van der Waals surface area contributed by atoms with Gasteiger partial charge in [0.25, 0.3) is 11.6 Å². The molecule has 0 aliphatic carbocycles. The number of thiazole rings is 1. The van der Waals surface area contributed by atoms with E-state index in [2.05, 4.69) is 18.5 Å². The van der Waals surface area contributed by atoms with Crippen molar-refractivity contribution in [2.24, 2.45) is 5.92 Å². The van der Waals surface area contributed by atoms with Gasteiger partial charge >= 0.3 is 0 Å². The number of piperidine rings is 1. The number of non-ortho nitro benzene ring substituents is 1. The van der Waals surface area contributed by atoms with E-state index in [-0.39, 0.29) is 11.6 Å². The van der Waals surface area contributed by atoms with Crippen LogP contribution in [0.4, 0.5) is 10.8 Å². The fourth-order valence-corrected chi connectivity index (χ4v) is 4.42. The van der Waals surface area contributed by atoms with Crippen molar-refractivity contribution < 1.29 is 14.6 Å². The highest BCUT2D eigenvalue weighted by atomic mass is 32.1. The molecule has 3 rings (SSSR count). The molecule has 1 saturated heterocycles. The third-order valence-corrected chi connectivity index (χ3v) is 5.84. The molecule has 1 aliphatic rings. The molecule has 8 heteroatoms. The Morgan fingerprint density at radius 2 is 2.21 bits per heavy atom. The van der Waals surface area contributed by atoms with Gasteiger partial charge in [0.1, 0.15) is 0 Å². The number of anilines is 1. The summed E-state index contributed by atoms with van der Waals surface area (Å²) in [6.07, 6.45) is 4.10. The first-order chi connectivity index (χ1) is 13.5. The number of rotatable bonds is 7. The molecule has 148 valence electrons. The Labute approximate surface area is 168 Å². The van der Waals surface area contributed by atoms with Crippen LogP contribution in [0.1, 0.15) is 19.8 Å². The number of amides is 1. The maximum Gasteiger partial charge on any atom is 0.284 e. The Morgan fingerprint density at radius 1 is 1.46 bits per heavy atom. The predicted molar refractivity (Wildman–Crippen MR) is 111 cm³/mol. The van der Waals surface area contributed by atoms with Gasteiger partial charge in [-0.15, -0.1) is 17.9 Å². The van der Waals surface area contributed by atoms with Crippen molar-refractivity contribution in [2.75, 3.05) is 31.1 Å². The molecule has 1 unspecified atom stereocenters. The molecule has 1 aliphatic heterocycles. The minimum Gasteiger partial charge on any atom is -0.327 e. The first-order valence-electron chi connectivity index (χ1n) is 9.43. The van der Waals surface area contributed by atoms with E-state index in [1.807, 2.05) is 5.38 Å². The second-order valence-electron chi connectivity index (χ2n) is 7.24. The minimum absolute atomic E-state index is 0.0430. The molecule has 2 aromatic rings. The number of quaternary nitrogens is 1. The van der Waals surface area contributed by atoms with Gasteiger partial charge in [-0.1, -0.05) is 13.0 Å². The number of nitrogens with one attached hydrogen (secondary N) is 1. The highest BCUT2D eigenvalue weighted by Crippen LogP contribution is 2.28. The van der Waals surface area contributed by atoms with E-state index >= 15 is 0 Å². The predicted octanol–water partition coefficient (Wildman–Crippen LogP) is 2.55. The first-order valence-corrected chi connectivity index (χ1v) is 10.3. The monoisotopic (exact) mass is 401 g/mol. The number of hydrogen-bond donors (Lipinski definition) is 1. The normalized spacial score (nSPS) is 19.2. The molecule has 7 nitrogen and oxygen atoms in total. The molecular weight excluding hydrogens is 376 g/mol. The average Bonchev–Trinajstić information content (AvgIpc) is 3.16. The lowest BCUT2D eigenvalue weighted by Gasteiger charge is -2.29. The van der Waals surface area contributed by atoms with Gasteiger partial charge in [-0.05, 0) is 25.0 Å². The standard InChI is InChI=1S/C20H24N4O3S/c1-3-10-23(19(25)13-22-11-4-5-15(2)12-22)20-21-18(14-28-20)16-6-8-17(9-7-16)24(26)27/h3,6-9,14-15H,1,4-5,10-13H2,2H3/p+1/t15-/m0/s1. The van der Waals surface area contributed by atoms with Gasteiger partial charge in [-0.25, -0.2) is 4.98 Å². The third kappa shape index (κ3) is 4.82. The molecule has 0 radical (unpaired) electrons. The van der Waals surface area contributed by atoms with E-state index in [0.717, 1.165) is 25.1 Å². The number of nitro groups is 1. The summed E-state index contributed by atoms with van der Waals surface area (Å²) in [7, 11) is 0. The van der Waals surface area contributed by atoms with E-state index in [9.17, 15) is 14.9 Å². The fourth-order valence-electron chi connectivity index (χ4n) is 3.56. The smallest absolute Gasteiger partial charge is 0.284 e. The molecule has 1 aromatic carbocycles. The van der Waals surface area contributed by atoms with Gasteiger partial charge in [0, 0.05) is 35.5 Å². The van der Waals surface area contributed by atoms with Crippen LogP contribution in [0.3, 0.4) is 0 Å². The van der Waals surface area contributed by atoms with E-state index in [0.29, 0.717) is 29.8 Å². The van der Waals surface area contributed by atoms with Gasteiger partial charge in [0.2, 0.25) is 0 Å². The highest BCUT2D eigenvalue weighted by Gasteiger charge is 2.26. The summed E-state index contributed by atoms with van der Waals surface area (Å²) >= 11 is 1.40. The van der Waals surface area contributed by atoms with Crippen LogP contribution in [0.15, 0.2) is 42.3 Å². The molecule has 0 bridgehead atoms. The highest BCUT2D eigenvalue weighted by molar-refractivity contribution is 7.14. The number of likely N-dealkylation sites (tertiary alicyclic amines) is 1. The number of nitro benzene ring substituents is 1. The first kappa shape index (κ1) is 20.2. The molecule has 1 fully saturated rings. The van der Waals surface area contributed by atoms with Crippen LogP contribution in [0, 0.1) is 16.0 Å². The van der Waals surface area contributed by atoms with Crippen molar-refractivity contribution in [1.82, 2.24) is 4.98 Å². The summed E-state index contributed by atoms with van der Waals surface area (Å²) in [5, 5.41) is 13.3. The number of carbonyl (C=O) groups is 1. The third-order valence-electron chi connectivity index (χ3n) is 4.98. The summed E-state index contributed by atoms with van der Waals surface area (Å²) in [6, 6.07) is 6.27. The lowest BCUT2D eigenvalue weighted by atomic mass is 10.0. The van der Waals surface area contributed by atoms with Crippen LogP contribution in [0.5, 0.6) is 0 Å². The molecule has 1 N–H and O–H groups in total. The summed E-state index contributed by atoms with van der Waals surface area (Å²) in [5.74, 6) is 0.701. The summed E-state index contributed by atoms with van der Waals surface area (Å²) < 4.78 is 0. The lowest BCUT2D eigenvalue weighted by molar-refractivity contribution is -0.900. The largest absolute Gasteiger partial charge is 0.327 e. The molecule has 1 aromatic heterocycles. The Bertz CT molecular complexity index is 849. The molecular formula is C20H25N4O3S+. The zero-order valence-electron chi connectivity index (χ0n) is 16.0. The summed E-state index contributed by atoms with van der Waals surface area (Å²) in [4.78, 5) is 30.9. The van der Waals surface area contributed by atoms with Crippen LogP contribution in [0.25, 0.3) is 11.3 Å². The van der Waals surface area contributed by atoms with Crippen LogP contribution in [-0.4, -0.2) is 42.0 Å². The van der Waals surface area contributed by atoms with Crippen LogP contribution in [-0.2, 0) is 4.79 Å². The van der Waals surface area contributed by atoms with Gasteiger partial charge in [0.15, 0.2) is 11.7 Å². The Hall–Kier alpha value is -2.58. The maximum atomic E-state index is 12.9. The number of aromatic nitrogens is 1. The zero-order chi connectivity index (χ0) is 20.1. The van der Waals surface area contributed by atoms with Crippen LogP contribution >= 0.6 is 11.3 Å². The lowest BCUT2D eigenvalue weighted by Crippen LogP contribution is -3.14. The van der Waals surface area contributed by atoms with E-state index in [1.54, 1.807) is 23.1 Å². The van der Waals surface area contributed by atoms with Crippen molar-refractivity contribution in [3.05, 3.63) is 52.4 Å². The van der Waals surface area contributed by atoms with Gasteiger partial charge < -0.3 is 4.90 Å². The van der Waals surface area contributed by atoms with E-state index < -0.39 is 4.92 Å². The Morgan fingerprint density at radius 3 is 2.86 bits per heavy atom. The fraction of sp³-hybridized carbons (Fsp3) is 0.400. The number of nitrogens with zero attached hydrogens (tertiary/aromatic N) is 3. The topological polar surface area (TPSA) is 80.8 Å². The Balaban J connectivity index is 1.74. The number of hydrogen-bond acceptors (Lipinski definition) is 5. The maximum absolute atomic E-state index is 12.9. The van der Waals surface area contributed by atoms with Crippen LogP contribution < -0.4 is 9.80 Å². The zero-order valence-corrected chi connectivity index (χ0v) is 16.8. The van der Waals surface area contributed by atoms with Crippen molar-refractivity contribution in [1.29, 1.82) is 0 Å². The summed E-state index contributed by atoms with van der Waals surface area (Å²) in [6.45, 7) is 8.94. The molecule has 0 spiro atoms. The molecule has 1 amide bonds. The van der Waals surface area contributed by atoms with Crippen LogP contribution in [0.2, 0.25) is 0 Å². The molecule has 2 atom stereocenters. The van der Waals surface area contributed by atoms with Gasteiger partial charge in [-0.2, -0.15) is 0 Å². The number of benzene rings is 1.